The highest BCUT2D eigenvalue weighted by atomic mass is 16.2. The second kappa shape index (κ2) is 6.49. The third-order valence-electron chi connectivity index (χ3n) is 5.08. The molecule has 2 aromatic carbocycles. The lowest BCUT2D eigenvalue weighted by Crippen LogP contribution is -2.54. The summed E-state index contributed by atoms with van der Waals surface area (Å²) < 4.78 is 1.93. The normalized spacial score (nSPS) is 16.2. The van der Waals surface area contributed by atoms with Gasteiger partial charge in [0, 0.05) is 29.7 Å². The molecule has 0 bridgehead atoms. The monoisotopic (exact) mass is 373 g/mol. The van der Waals surface area contributed by atoms with E-state index in [1.807, 2.05) is 62.0 Å². The summed E-state index contributed by atoms with van der Waals surface area (Å²) in [6.07, 6.45) is 3.40. The molecule has 0 radical (unpaired) electrons. The van der Waals surface area contributed by atoms with Crippen LogP contribution in [0.4, 0.5) is 10.5 Å². The summed E-state index contributed by atoms with van der Waals surface area (Å²) in [5.74, 6) is -1.33. The molecule has 1 aromatic heterocycles. The van der Waals surface area contributed by atoms with E-state index in [9.17, 15) is 14.4 Å². The molecule has 3 aromatic rings. The molecule has 0 unspecified atom stereocenters. The fourth-order valence-electron chi connectivity index (χ4n) is 3.40. The second-order valence-corrected chi connectivity index (χ2v) is 6.94. The Kier molecular flexibility index (Phi) is 4.11. The van der Waals surface area contributed by atoms with Crippen LogP contribution >= 0.6 is 0 Å². The van der Waals surface area contributed by atoms with Crippen molar-refractivity contribution in [1.29, 1.82) is 0 Å². The summed E-state index contributed by atoms with van der Waals surface area (Å²) in [6.45, 7) is 3.86. The van der Waals surface area contributed by atoms with E-state index in [-0.39, 0.29) is 5.57 Å². The van der Waals surface area contributed by atoms with Crippen LogP contribution in [0.3, 0.4) is 0 Å². The molecule has 0 spiro atoms. The van der Waals surface area contributed by atoms with Crippen LogP contribution in [0.2, 0.25) is 0 Å². The molecule has 6 nitrogen and oxygen atoms in total. The van der Waals surface area contributed by atoms with Crippen LogP contribution in [0, 0.1) is 13.8 Å². The van der Waals surface area contributed by atoms with E-state index in [0.29, 0.717) is 5.69 Å². The van der Waals surface area contributed by atoms with Gasteiger partial charge >= 0.3 is 6.03 Å². The molecular weight excluding hydrogens is 354 g/mol. The van der Waals surface area contributed by atoms with Gasteiger partial charge in [-0.1, -0.05) is 24.3 Å². The number of urea groups is 1. The van der Waals surface area contributed by atoms with Crippen LogP contribution in [0.15, 0.2) is 54.2 Å². The van der Waals surface area contributed by atoms with Crippen molar-refractivity contribution in [1.82, 2.24) is 9.88 Å². The van der Waals surface area contributed by atoms with Gasteiger partial charge in [0.25, 0.3) is 11.8 Å². The summed E-state index contributed by atoms with van der Waals surface area (Å²) in [5.41, 5.74) is 4.09. The number of benzene rings is 2. The largest absolute Gasteiger partial charge is 0.350 e. The Morgan fingerprint density at radius 1 is 0.964 bits per heavy atom. The van der Waals surface area contributed by atoms with E-state index in [2.05, 4.69) is 5.32 Å². The van der Waals surface area contributed by atoms with Gasteiger partial charge in [-0.05, 0) is 49.2 Å². The lowest BCUT2D eigenvalue weighted by molar-refractivity contribution is -0.122. The molecule has 4 rings (SSSR count). The standard InChI is InChI=1S/C22H19N3O3/c1-13-8-9-16(10-14(13)2)25-21(27)18(20(26)23-22(25)28)11-15-12-24(3)19-7-5-4-6-17(15)19/h4-12H,1-3H3,(H,23,26,28)/b18-11-. The smallest absolute Gasteiger partial charge is 0.335 e. The summed E-state index contributed by atoms with van der Waals surface area (Å²) >= 11 is 0. The van der Waals surface area contributed by atoms with Gasteiger partial charge in [0.2, 0.25) is 0 Å². The molecule has 1 N–H and O–H groups in total. The van der Waals surface area contributed by atoms with Crippen LogP contribution in [-0.2, 0) is 16.6 Å². The Balaban J connectivity index is 1.81. The van der Waals surface area contributed by atoms with E-state index in [1.54, 1.807) is 18.2 Å². The predicted molar refractivity (Wildman–Crippen MR) is 108 cm³/mol. The lowest BCUT2D eigenvalue weighted by atomic mass is 10.0. The molecule has 1 fully saturated rings. The Bertz CT molecular complexity index is 1190. The number of carbonyl (C=O) groups excluding carboxylic acids is 3. The average molecular weight is 373 g/mol. The van der Waals surface area contributed by atoms with Crippen molar-refractivity contribution in [3.05, 3.63) is 70.9 Å². The third kappa shape index (κ3) is 2.79. The first-order valence-electron chi connectivity index (χ1n) is 8.89. The number of anilines is 1. The van der Waals surface area contributed by atoms with Crippen molar-refractivity contribution in [2.24, 2.45) is 7.05 Å². The first-order chi connectivity index (χ1) is 13.4. The maximum Gasteiger partial charge on any atom is 0.335 e. The van der Waals surface area contributed by atoms with Crippen LogP contribution in [0.5, 0.6) is 0 Å². The van der Waals surface area contributed by atoms with Gasteiger partial charge in [-0.3, -0.25) is 14.9 Å². The average Bonchev–Trinajstić information content (AvgIpc) is 2.97. The molecule has 1 aliphatic heterocycles. The number of nitrogens with one attached hydrogen (secondary N) is 1. The molecule has 0 aliphatic carbocycles. The van der Waals surface area contributed by atoms with E-state index in [1.165, 1.54) is 0 Å². The summed E-state index contributed by atoms with van der Waals surface area (Å²) in [6, 6.07) is 12.3. The number of nitrogens with zero attached hydrogens (tertiary/aromatic N) is 2. The van der Waals surface area contributed by atoms with Crippen molar-refractivity contribution in [3.8, 4) is 0 Å². The van der Waals surface area contributed by atoms with Gasteiger partial charge in [0.05, 0.1) is 5.69 Å². The number of imide groups is 2. The Morgan fingerprint density at radius 3 is 2.46 bits per heavy atom. The quantitative estimate of drug-likeness (QED) is 0.552. The summed E-state index contributed by atoms with van der Waals surface area (Å²) in [5, 5.41) is 3.19. The van der Waals surface area contributed by atoms with Gasteiger partial charge < -0.3 is 4.57 Å². The Labute approximate surface area is 162 Å². The number of para-hydroxylation sites is 1. The maximum absolute atomic E-state index is 13.1. The second-order valence-electron chi connectivity index (χ2n) is 6.94. The van der Waals surface area contributed by atoms with E-state index < -0.39 is 17.8 Å². The number of hydrogen-bond acceptors (Lipinski definition) is 3. The number of aryl methyl sites for hydroxylation is 3. The highest BCUT2D eigenvalue weighted by molar-refractivity contribution is 6.39. The molecule has 0 atom stereocenters. The minimum atomic E-state index is -0.742. The number of amides is 4. The third-order valence-corrected chi connectivity index (χ3v) is 5.08. The Morgan fingerprint density at radius 2 is 1.71 bits per heavy atom. The van der Waals surface area contributed by atoms with Gasteiger partial charge in [-0.25, -0.2) is 9.69 Å². The van der Waals surface area contributed by atoms with Crippen molar-refractivity contribution >= 4 is 40.5 Å². The number of rotatable bonds is 2. The fourth-order valence-corrected chi connectivity index (χ4v) is 3.40. The first kappa shape index (κ1) is 17.7. The molecule has 140 valence electrons. The molecule has 4 amide bonds. The van der Waals surface area contributed by atoms with Gasteiger partial charge in [0.15, 0.2) is 0 Å². The van der Waals surface area contributed by atoms with Crippen LogP contribution in [0.25, 0.3) is 17.0 Å². The molecule has 6 heteroatoms. The SMILES string of the molecule is Cc1ccc(N2C(=O)NC(=O)/C(=C/c3cn(C)c4ccccc34)C2=O)cc1C. The van der Waals surface area contributed by atoms with Crippen molar-refractivity contribution < 1.29 is 14.4 Å². The topological polar surface area (TPSA) is 71.4 Å². The van der Waals surface area contributed by atoms with E-state index in [0.717, 1.165) is 32.5 Å². The molecule has 2 heterocycles. The number of carbonyl (C=O) groups is 3. The minimum Gasteiger partial charge on any atom is -0.350 e. The van der Waals surface area contributed by atoms with Crippen LogP contribution in [-0.4, -0.2) is 22.4 Å². The van der Waals surface area contributed by atoms with Crippen LogP contribution < -0.4 is 10.2 Å². The maximum atomic E-state index is 13.1. The lowest BCUT2D eigenvalue weighted by Gasteiger charge is -2.26. The molecule has 28 heavy (non-hydrogen) atoms. The van der Waals surface area contributed by atoms with Crippen molar-refractivity contribution in [2.75, 3.05) is 4.90 Å². The fraction of sp³-hybridized carbons (Fsp3) is 0.136. The zero-order valence-electron chi connectivity index (χ0n) is 15.8. The van der Waals surface area contributed by atoms with Crippen LogP contribution in [0.1, 0.15) is 16.7 Å². The highest BCUT2D eigenvalue weighted by Crippen LogP contribution is 2.27. The zero-order chi connectivity index (χ0) is 20.0. The first-order valence-corrected chi connectivity index (χ1v) is 8.89. The zero-order valence-corrected chi connectivity index (χ0v) is 15.8. The van der Waals surface area contributed by atoms with Gasteiger partial charge in [-0.2, -0.15) is 0 Å². The number of aromatic nitrogens is 1. The predicted octanol–water partition coefficient (Wildman–Crippen LogP) is 3.46. The minimum absolute atomic E-state index is 0.0748. The number of hydrogen-bond donors (Lipinski definition) is 1. The highest BCUT2D eigenvalue weighted by Gasteiger charge is 2.37. The Hall–Kier alpha value is -3.67. The van der Waals surface area contributed by atoms with E-state index >= 15 is 0 Å². The molecule has 1 aliphatic rings. The molecule has 0 saturated carbocycles. The summed E-state index contributed by atoms with van der Waals surface area (Å²) in [7, 11) is 1.90. The van der Waals surface area contributed by atoms with Gasteiger partial charge in [0.1, 0.15) is 5.57 Å². The number of fused-ring (bicyclic) bond motifs is 1. The molecular formula is C22H19N3O3. The van der Waals surface area contributed by atoms with E-state index in [4.69, 9.17) is 0 Å². The van der Waals surface area contributed by atoms with Gasteiger partial charge in [-0.15, -0.1) is 0 Å². The number of barbiturate groups is 1. The molecule has 1 saturated heterocycles. The summed E-state index contributed by atoms with van der Waals surface area (Å²) in [4.78, 5) is 38.8. The van der Waals surface area contributed by atoms with Crippen molar-refractivity contribution in [3.63, 3.8) is 0 Å². The van der Waals surface area contributed by atoms with Crippen molar-refractivity contribution in [2.45, 2.75) is 13.8 Å².